The van der Waals surface area contributed by atoms with E-state index in [4.69, 9.17) is 9.47 Å². The molecule has 0 aliphatic carbocycles. The van der Waals surface area contributed by atoms with Crippen LogP contribution in [0.3, 0.4) is 0 Å². The molecule has 92 valence electrons. The van der Waals surface area contributed by atoms with E-state index in [-0.39, 0.29) is 5.78 Å². The molecule has 0 unspecified atom stereocenters. The van der Waals surface area contributed by atoms with Crippen molar-refractivity contribution in [2.75, 3.05) is 14.2 Å². The topological polar surface area (TPSA) is 35.5 Å². The minimum absolute atomic E-state index is 0.139. The summed E-state index contributed by atoms with van der Waals surface area (Å²) in [6.07, 6.45) is 4.15. The van der Waals surface area contributed by atoms with Gasteiger partial charge in [-0.05, 0) is 31.5 Å². The van der Waals surface area contributed by atoms with Gasteiger partial charge in [-0.15, -0.1) is 0 Å². The molecule has 3 nitrogen and oxygen atoms in total. The van der Waals surface area contributed by atoms with Crippen LogP contribution in [0.2, 0.25) is 0 Å². The van der Waals surface area contributed by atoms with E-state index < -0.39 is 0 Å². The molecule has 0 radical (unpaired) electrons. The number of hydrogen-bond donors (Lipinski definition) is 0. The molecule has 3 heteroatoms. The highest BCUT2D eigenvalue weighted by molar-refractivity contribution is 5.78. The van der Waals surface area contributed by atoms with E-state index in [1.54, 1.807) is 21.1 Å². The first-order valence-corrected chi connectivity index (χ1v) is 5.47. The van der Waals surface area contributed by atoms with Crippen LogP contribution in [0, 0.1) is 6.92 Å². The number of ketones is 1. The van der Waals surface area contributed by atoms with E-state index in [1.807, 2.05) is 31.2 Å². The van der Waals surface area contributed by atoms with Gasteiger partial charge in [0.2, 0.25) is 0 Å². The van der Waals surface area contributed by atoms with E-state index in [0.717, 1.165) is 22.6 Å². The molecule has 0 saturated heterocycles. The van der Waals surface area contributed by atoms with Gasteiger partial charge >= 0.3 is 0 Å². The first-order valence-electron chi connectivity index (χ1n) is 5.47. The molecule has 0 amide bonds. The number of ether oxygens (including phenoxy) is 2. The molecular weight excluding hydrogens is 216 g/mol. The highest BCUT2D eigenvalue weighted by Crippen LogP contribution is 2.29. The molecular formula is C14H18O3. The van der Waals surface area contributed by atoms with E-state index in [9.17, 15) is 4.79 Å². The average molecular weight is 234 g/mol. The smallest absolute Gasteiger partial charge is 0.133 e. The molecule has 1 aromatic carbocycles. The number of hydrogen-bond acceptors (Lipinski definition) is 3. The Bertz CT molecular complexity index is 433. The van der Waals surface area contributed by atoms with Crippen LogP contribution in [0.5, 0.6) is 11.5 Å². The molecule has 0 bridgehead atoms. The SMILES string of the molecule is COc1cc(C)c(OC)c(/C=C/CC(C)=O)c1. The van der Waals surface area contributed by atoms with Gasteiger partial charge in [0.1, 0.15) is 17.3 Å². The number of rotatable bonds is 5. The predicted octanol–water partition coefficient (Wildman–Crippen LogP) is 3.00. The fourth-order valence-corrected chi connectivity index (χ4v) is 1.64. The van der Waals surface area contributed by atoms with E-state index in [1.165, 1.54) is 0 Å². The molecule has 17 heavy (non-hydrogen) atoms. The lowest BCUT2D eigenvalue weighted by molar-refractivity contribution is -0.116. The quantitative estimate of drug-likeness (QED) is 0.785. The van der Waals surface area contributed by atoms with Gasteiger partial charge in [-0.25, -0.2) is 0 Å². The lowest BCUT2D eigenvalue weighted by atomic mass is 10.1. The van der Waals surface area contributed by atoms with Crippen molar-refractivity contribution in [3.8, 4) is 11.5 Å². The first kappa shape index (κ1) is 13.3. The molecule has 0 heterocycles. The molecule has 0 saturated carbocycles. The number of allylic oxidation sites excluding steroid dienone is 1. The third-order valence-corrected chi connectivity index (χ3v) is 2.42. The van der Waals surface area contributed by atoms with Crippen LogP contribution in [0.4, 0.5) is 0 Å². The van der Waals surface area contributed by atoms with Gasteiger partial charge in [-0.2, -0.15) is 0 Å². The summed E-state index contributed by atoms with van der Waals surface area (Å²) in [6.45, 7) is 3.53. The Morgan fingerprint density at radius 1 is 1.29 bits per heavy atom. The zero-order valence-corrected chi connectivity index (χ0v) is 10.7. The summed E-state index contributed by atoms with van der Waals surface area (Å²) in [6, 6.07) is 3.81. The van der Waals surface area contributed by atoms with Crippen LogP contribution in [0.25, 0.3) is 6.08 Å². The molecule has 0 fully saturated rings. The van der Waals surface area contributed by atoms with Crippen LogP contribution < -0.4 is 9.47 Å². The summed E-state index contributed by atoms with van der Waals surface area (Å²) in [4.78, 5) is 10.9. The molecule has 1 aromatic rings. The van der Waals surface area contributed by atoms with Gasteiger partial charge in [0.15, 0.2) is 0 Å². The van der Waals surface area contributed by atoms with Gasteiger partial charge in [0.05, 0.1) is 14.2 Å². The average Bonchev–Trinajstić information content (AvgIpc) is 2.28. The maximum atomic E-state index is 10.9. The van der Waals surface area contributed by atoms with Crippen molar-refractivity contribution in [1.29, 1.82) is 0 Å². The Balaban J connectivity index is 3.06. The summed E-state index contributed by atoms with van der Waals surface area (Å²) < 4.78 is 10.5. The summed E-state index contributed by atoms with van der Waals surface area (Å²) in [7, 11) is 3.27. The Morgan fingerprint density at radius 3 is 2.53 bits per heavy atom. The van der Waals surface area contributed by atoms with Gasteiger partial charge in [0, 0.05) is 12.0 Å². The van der Waals surface area contributed by atoms with E-state index in [0.29, 0.717) is 6.42 Å². The Morgan fingerprint density at radius 2 is 2.00 bits per heavy atom. The minimum Gasteiger partial charge on any atom is -0.497 e. The molecule has 1 rings (SSSR count). The molecule has 0 spiro atoms. The maximum absolute atomic E-state index is 10.9. The maximum Gasteiger partial charge on any atom is 0.133 e. The van der Waals surface area contributed by atoms with Gasteiger partial charge < -0.3 is 9.47 Å². The fourth-order valence-electron chi connectivity index (χ4n) is 1.64. The monoisotopic (exact) mass is 234 g/mol. The molecule has 0 aliphatic heterocycles. The summed E-state index contributed by atoms with van der Waals surface area (Å²) in [5, 5.41) is 0. The third-order valence-electron chi connectivity index (χ3n) is 2.42. The molecule has 0 aliphatic rings. The van der Waals surface area contributed by atoms with Crippen LogP contribution >= 0.6 is 0 Å². The molecule has 0 aromatic heterocycles. The van der Waals surface area contributed by atoms with Gasteiger partial charge in [-0.1, -0.05) is 12.2 Å². The zero-order valence-electron chi connectivity index (χ0n) is 10.7. The highest BCUT2D eigenvalue weighted by Gasteiger charge is 2.06. The van der Waals surface area contributed by atoms with E-state index in [2.05, 4.69) is 0 Å². The number of methoxy groups -OCH3 is 2. The Labute approximate surface area is 102 Å². The highest BCUT2D eigenvalue weighted by atomic mass is 16.5. The van der Waals surface area contributed by atoms with Crippen molar-refractivity contribution in [3.05, 3.63) is 29.3 Å². The van der Waals surface area contributed by atoms with Crippen LogP contribution in [-0.4, -0.2) is 20.0 Å². The largest absolute Gasteiger partial charge is 0.497 e. The second-order valence-electron chi connectivity index (χ2n) is 3.88. The zero-order chi connectivity index (χ0) is 12.8. The van der Waals surface area contributed by atoms with Crippen molar-refractivity contribution in [1.82, 2.24) is 0 Å². The van der Waals surface area contributed by atoms with Crippen molar-refractivity contribution < 1.29 is 14.3 Å². The minimum atomic E-state index is 0.139. The normalized spacial score (nSPS) is 10.6. The van der Waals surface area contributed by atoms with E-state index >= 15 is 0 Å². The number of aryl methyl sites for hydroxylation is 1. The second-order valence-corrected chi connectivity index (χ2v) is 3.88. The summed E-state index contributed by atoms with van der Waals surface area (Å²) in [5.74, 6) is 1.73. The van der Waals surface area contributed by atoms with Crippen molar-refractivity contribution in [3.63, 3.8) is 0 Å². The van der Waals surface area contributed by atoms with Crippen LogP contribution in [0.15, 0.2) is 18.2 Å². The number of carbonyl (C=O) groups is 1. The second kappa shape index (κ2) is 6.09. The number of carbonyl (C=O) groups excluding carboxylic acids is 1. The fraction of sp³-hybridized carbons (Fsp3) is 0.357. The van der Waals surface area contributed by atoms with Crippen molar-refractivity contribution in [2.45, 2.75) is 20.3 Å². The van der Waals surface area contributed by atoms with Crippen molar-refractivity contribution in [2.24, 2.45) is 0 Å². The first-order chi connectivity index (χ1) is 8.08. The van der Waals surface area contributed by atoms with Crippen LogP contribution in [-0.2, 0) is 4.79 Å². The number of Topliss-reactive ketones (excluding diaryl/α,β-unsaturated/α-hetero) is 1. The standard InChI is InChI=1S/C14H18O3/c1-10-8-13(16-3)9-12(14(10)17-4)7-5-6-11(2)15/h5,7-9H,6H2,1-4H3/b7-5+. The van der Waals surface area contributed by atoms with Gasteiger partial charge in [-0.3, -0.25) is 4.79 Å². The van der Waals surface area contributed by atoms with Crippen molar-refractivity contribution >= 4 is 11.9 Å². The lowest BCUT2D eigenvalue weighted by Gasteiger charge is -2.11. The predicted molar refractivity (Wildman–Crippen MR) is 68.6 cm³/mol. The van der Waals surface area contributed by atoms with Crippen LogP contribution in [0.1, 0.15) is 24.5 Å². The molecule has 0 N–H and O–H groups in total. The molecule has 0 atom stereocenters. The lowest BCUT2D eigenvalue weighted by Crippen LogP contribution is -1.93. The number of benzene rings is 1. The third kappa shape index (κ3) is 3.63. The Kier molecular flexibility index (Phi) is 4.76. The van der Waals surface area contributed by atoms with Gasteiger partial charge in [0.25, 0.3) is 0 Å². The summed E-state index contributed by atoms with van der Waals surface area (Å²) in [5.41, 5.74) is 1.93. The Hall–Kier alpha value is -1.77. The summed E-state index contributed by atoms with van der Waals surface area (Å²) >= 11 is 0.